The number of aromatic amines is 1. The van der Waals surface area contributed by atoms with Gasteiger partial charge in [-0.25, -0.2) is 22.8 Å². The van der Waals surface area contributed by atoms with Crippen LogP contribution in [0.4, 0.5) is 14.6 Å². The van der Waals surface area contributed by atoms with E-state index in [1.165, 1.54) is 28.6 Å². The first-order valence-corrected chi connectivity index (χ1v) is 13.5. The molecule has 1 saturated heterocycles. The molecule has 0 amide bonds. The van der Waals surface area contributed by atoms with E-state index in [0.29, 0.717) is 46.0 Å². The zero-order valence-corrected chi connectivity index (χ0v) is 21.8. The molecule has 36 heavy (non-hydrogen) atoms. The summed E-state index contributed by atoms with van der Waals surface area (Å²) in [4.78, 5) is 13.1. The third-order valence-corrected chi connectivity index (χ3v) is 8.92. The van der Waals surface area contributed by atoms with Crippen LogP contribution in [0.15, 0.2) is 70.2 Å². The standard InChI is InChI=1S/C24H19BrClF2N5O2S/c25-17-6-4-15(12-19(17)27)20-14-29-24(30-20)16-5-7-18(26)21(13-16)36(34,35)33-10-8-32(9-11-33)23-3-1-2-22(28)31-23/h1-7,12-14H,8-11H2,(H,29,30). The molecule has 0 saturated carbocycles. The summed E-state index contributed by atoms with van der Waals surface area (Å²) < 4.78 is 56.0. The molecule has 2 aromatic carbocycles. The van der Waals surface area contributed by atoms with Gasteiger partial charge >= 0.3 is 0 Å². The quantitative estimate of drug-likeness (QED) is 0.315. The Labute approximate surface area is 219 Å². The number of H-pyrrole nitrogens is 1. The van der Waals surface area contributed by atoms with Gasteiger partial charge in [0, 0.05) is 37.3 Å². The van der Waals surface area contributed by atoms with Crippen molar-refractivity contribution in [1.29, 1.82) is 0 Å². The number of nitrogens with zero attached hydrogens (tertiary/aromatic N) is 4. The van der Waals surface area contributed by atoms with Gasteiger partial charge in [0.25, 0.3) is 0 Å². The Morgan fingerprint density at radius 2 is 1.72 bits per heavy atom. The second kappa shape index (κ2) is 9.89. The van der Waals surface area contributed by atoms with E-state index < -0.39 is 21.8 Å². The Balaban J connectivity index is 1.38. The van der Waals surface area contributed by atoms with E-state index >= 15 is 0 Å². The van der Waals surface area contributed by atoms with Crippen LogP contribution < -0.4 is 4.90 Å². The summed E-state index contributed by atoms with van der Waals surface area (Å²) in [6.45, 7) is 1.11. The second-order valence-electron chi connectivity index (χ2n) is 8.13. The van der Waals surface area contributed by atoms with Crippen molar-refractivity contribution in [1.82, 2.24) is 19.3 Å². The number of pyridine rings is 1. The molecule has 4 aromatic rings. The molecular weight excluding hydrogens is 576 g/mol. The Bertz CT molecular complexity index is 1540. The van der Waals surface area contributed by atoms with Crippen LogP contribution in [0.25, 0.3) is 22.6 Å². The maximum atomic E-state index is 13.9. The highest BCUT2D eigenvalue weighted by Crippen LogP contribution is 2.31. The maximum Gasteiger partial charge on any atom is 0.244 e. The van der Waals surface area contributed by atoms with Crippen molar-refractivity contribution in [3.05, 3.63) is 82.1 Å². The molecule has 2 aromatic heterocycles. The summed E-state index contributed by atoms with van der Waals surface area (Å²) in [7, 11) is -3.91. The number of imidazole rings is 1. The van der Waals surface area contributed by atoms with Gasteiger partial charge < -0.3 is 9.88 Å². The molecule has 0 radical (unpaired) electrons. The van der Waals surface area contributed by atoms with Crippen molar-refractivity contribution in [2.45, 2.75) is 4.90 Å². The SMILES string of the molecule is O=S(=O)(c1cc(-c2ncc(-c3ccc(Br)c(F)c3)[nH]2)ccc1Cl)N1CCN(c2cccc(F)n2)CC1. The summed E-state index contributed by atoms with van der Waals surface area (Å²) in [5.41, 5.74) is 1.70. The highest BCUT2D eigenvalue weighted by molar-refractivity contribution is 9.10. The molecule has 12 heteroatoms. The van der Waals surface area contributed by atoms with Crippen molar-refractivity contribution < 1.29 is 17.2 Å². The van der Waals surface area contributed by atoms with Crippen LogP contribution in [0, 0.1) is 11.8 Å². The Kier molecular flexibility index (Phi) is 6.82. The monoisotopic (exact) mass is 593 g/mol. The lowest BCUT2D eigenvalue weighted by molar-refractivity contribution is 0.383. The number of halogens is 4. The minimum absolute atomic E-state index is 0.0355. The van der Waals surface area contributed by atoms with Crippen LogP contribution in [0.1, 0.15) is 0 Å². The van der Waals surface area contributed by atoms with Crippen LogP contribution in [0.3, 0.4) is 0 Å². The molecular formula is C24H19BrClF2N5O2S. The molecule has 1 aliphatic rings. The third kappa shape index (κ3) is 4.88. The highest BCUT2D eigenvalue weighted by Gasteiger charge is 2.31. The summed E-state index contributed by atoms with van der Waals surface area (Å²) in [5.74, 6) is -0.107. The van der Waals surface area contributed by atoms with Gasteiger partial charge in [-0.2, -0.15) is 8.70 Å². The molecule has 0 atom stereocenters. The normalized spacial score (nSPS) is 14.8. The van der Waals surface area contributed by atoms with Crippen molar-refractivity contribution >= 4 is 43.4 Å². The van der Waals surface area contributed by atoms with E-state index in [2.05, 4.69) is 30.9 Å². The van der Waals surface area contributed by atoms with Crippen LogP contribution in [-0.4, -0.2) is 53.9 Å². The van der Waals surface area contributed by atoms with E-state index in [0.717, 1.165) is 0 Å². The molecule has 1 aliphatic heterocycles. The Hall–Kier alpha value is -2.86. The van der Waals surface area contributed by atoms with Gasteiger partial charge in [-0.05, 0) is 58.4 Å². The molecule has 1 N–H and O–H groups in total. The fraction of sp³-hybridized carbons (Fsp3) is 0.167. The lowest BCUT2D eigenvalue weighted by Gasteiger charge is -2.34. The van der Waals surface area contributed by atoms with Gasteiger partial charge in [-0.3, -0.25) is 0 Å². The maximum absolute atomic E-state index is 13.9. The molecule has 5 rings (SSSR count). The van der Waals surface area contributed by atoms with E-state index in [-0.39, 0.29) is 23.0 Å². The van der Waals surface area contributed by atoms with Gasteiger partial charge in [-0.15, -0.1) is 0 Å². The van der Waals surface area contributed by atoms with Crippen LogP contribution in [0.5, 0.6) is 0 Å². The van der Waals surface area contributed by atoms with Gasteiger partial charge in [0.1, 0.15) is 22.4 Å². The molecule has 0 aliphatic carbocycles. The Morgan fingerprint density at radius 1 is 0.972 bits per heavy atom. The average molecular weight is 595 g/mol. The van der Waals surface area contributed by atoms with E-state index in [9.17, 15) is 17.2 Å². The third-order valence-electron chi connectivity index (χ3n) is 5.89. The Morgan fingerprint density at radius 3 is 2.44 bits per heavy atom. The van der Waals surface area contributed by atoms with Crippen molar-refractivity contribution in [3.8, 4) is 22.6 Å². The number of nitrogens with one attached hydrogen (secondary N) is 1. The van der Waals surface area contributed by atoms with E-state index in [1.807, 2.05) is 4.90 Å². The lowest BCUT2D eigenvalue weighted by Crippen LogP contribution is -2.49. The van der Waals surface area contributed by atoms with E-state index in [1.54, 1.807) is 36.5 Å². The predicted octanol–water partition coefficient (Wildman–Crippen LogP) is 5.34. The molecule has 7 nitrogen and oxygen atoms in total. The minimum atomic E-state index is -3.91. The van der Waals surface area contributed by atoms with Crippen molar-refractivity contribution in [2.75, 3.05) is 31.1 Å². The molecule has 0 bridgehead atoms. The number of anilines is 1. The second-order valence-corrected chi connectivity index (χ2v) is 11.3. The topological polar surface area (TPSA) is 82.2 Å². The lowest BCUT2D eigenvalue weighted by atomic mass is 10.2. The fourth-order valence-electron chi connectivity index (χ4n) is 4.00. The number of piperazine rings is 1. The largest absolute Gasteiger partial charge is 0.354 e. The number of aromatic nitrogens is 3. The number of benzene rings is 2. The zero-order valence-electron chi connectivity index (χ0n) is 18.6. The zero-order chi connectivity index (χ0) is 25.4. The summed E-state index contributed by atoms with van der Waals surface area (Å²) in [6, 6.07) is 13.9. The van der Waals surface area contributed by atoms with Gasteiger partial charge in [0.2, 0.25) is 16.0 Å². The molecule has 0 unspecified atom stereocenters. The smallest absolute Gasteiger partial charge is 0.244 e. The first kappa shape index (κ1) is 24.8. The number of sulfonamides is 1. The van der Waals surface area contributed by atoms with Crippen LogP contribution in [0.2, 0.25) is 5.02 Å². The van der Waals surface area contributed by atoms with Gasteiger partial charge in [0.15, 0.2) is 0 Å². The molecule has 1 fully saturated rings. The predicted molar refractivity (Wildman–Crippen MR) is 137 cm³/mol. The van der Waals surface area contributed by atoms with Crippen LogP contribution >= 0.6 is 27.5 Å². The summed E-state index contributed by atoms with van der Waals surface area (Å²) in [6.07, 6.45) is 1.56. The van der Waals surface area contributed by atoms with Gasteiger partial charge in [-0.1, -0.05) is 23.7 Å². The van der Waals surface area contributed by atoms with E-state index in [4.69, 9.17) is 11.6 Å². The minimum Gasteiger partial charge on any atom is -0.354 e. The number of rotatable bonds is 5. The highest BCUT2D eigenvalue weighted by atomic mass is 79.9. The summed E-state index contributed by atoms with van der Waals surface area (Å²) >= 11 is 9.45. The average Bonchev–Trinajstić information content (AvgIpc) is 3.36. The van der Waals surface area contributed by atoms with Crippen molar-refractivity contribution in [2.24, 2.45) is 0 Å². The summed E-state index contributed by atoms with van der Waals surface area (Å²) in [5, 5.41) is 0.0923. The van der Waals surface area contributed by atoms with Crippen LogP contribution in [-0.2, 0) is 10.0 Å². The molecule has 3 heterocycles. The number of hydrogen-bond acceptors (Lipinski definition) is 5. The number of hydrogen-bond donors (Lipinski definition) is 1. The molecule has 0 spiro atoms. The first-order chi connectivity index (χ1) is 17.2. The van der Waals surface area contributed by atoms with Gasteiger partial charge in [0.05, 0.1) is 21.4 Å². The first-order valence-electron chi connectivity index (χ1n) is 10.9. The molecule has 186 valence electrons. The fourth-order valence-corrected chi connectivity index (χ4v) is 6.17. The van der Waals surface area contributed by atoms with Crippen molar-refractivity contribution in [3.63, 3.8) is 0 Å².